The van der Waals surface area contributed by atoms with E-state index < -0.39 is 0 Å². The van der Waals surface area contributed by atoms with Gasteiger partial charge in [0.25, 0.3) is 0 Å². The molecule has 0 saturated heterocycles. The minimum atomic E-state index is 0.811. The summed E-state index contributed by atoms with van der Waals surface area (Å²) < 4.78 is 11.4. The van der Waals surface area contributed by atoms with Gasteiger partial charge in [0, 0.05) is 24.1 Å². The Morgan fingerprint density at radius 3 is 2.33 bits per heavy atom. The van der Waals surface area contributed by atoms with Crippen LogP contribution in [0.2, 0.25) is 0 Å². The normalized spacial score (nSPS) is 10.9. The standard InChI is InChI=1S/C21H29NO2/c1-6-8-16-9-7-10-17(13-16)14-19-20(23-4)12-11-18(15-22(2)3)21(19)24-5/h7,9-13H,6,8,14-15H2,1-5H3. The number of hydrogen-bond acceptors (Lipinski definition) is 3. The van der Waals surface area contributed by atoms with E-state index >= 15 is 0 Å². The van der Waals surface area contributed by atoms with Crippen molar-refractivity contribution in [2.75, 3.05) is 28.3 Å². The fourth-order valence-corrected chi connectivity index (χ4v) is 3.12. The lowest BCUT2D eigenvalue weighted by Crippen LogP contribution is -2.12. The third-order valence-corrected chi connectivity index (χ3v) is 4.12. The van der Waals surface area contributed by atoms with Gasteiger partial charge in [-0.1, -0.05) is 43.7 Å². The molecule has 0 N–H and O–H groups in total. The summed E-state index contributed by atoms with van der Waals surface area (Å²) in [5.74, 6) is 1.82. The summed E-state index contributed by atoms with van der Waals surface area (Å²) in [5.41, 5.74) is 4.98. The second kappa shape index (κ2) is 8.74. The molecule has 0 aliphatic carbocycles. The molecule has 0 unspecified atom stereocenters. The summed E-state index contributed by atoms with van der Waals surface area (Å²) in [6.07, 6.45) is 3.09. The quantitative estimate of drug-likeness (QED) is 0.721. The Kier molecular flexibility index (Phi) is 6.68. The number of aryl methyl sites for hydroxylation is 1. The van der Waals surface area contributed by atoms with Crippen LogP contribution < -0.4 is 9.47 Å². The second-order valence-electron chi connectivity index (χ2n) is 6.42. The lowest BCUT2D eigenvalue weighted by Gasteiger charge is -2.19. The van der Waals surface area contributed by atoms with E-state index in [9.17, 15) is 0 Å². The molecule has 2 rings (SSSR count). The molecule has 0 aliphatic rings. The molecule has 0 aliphatic heterocycles. The van der Waals surface area contributed by atoms with Crippen LogP contribution >= 0.6 is 0 Å². The number of rotatable bonds is 8. The number of hydrogen-bond donors (Lipinski definition) is 0. The van der Waals surface area contributed by atoms with Crippen LogP contribution in [0.1, 0.15) is 35.6 Å². The average Bonchev–Trinajstić information content (AvgIpc) is 2.55. The minimum Gasteiger partial charge on any atom is -0.496 e. The molecule has 0 saturated carbocycles. The Labute approximate surface area is 146 Å². The highest BCUT2D eigenvalue weighted by atomic mass is 16.5. The van der Waals surface area contributed by atoms with Crippen molar-refractivity contribution < 1.29 is 9.47 Å². The monoisotopic (exact) mass is 327 g/mol. The van der Waals surface area contributed by atoms with E-state index in [0.29, 0.717) is 0 Å². The maximum absolute atomic E-state index is 5.76. The zero-order valence-electron chi connectivity index (χ0n) is 15.6. The van der Waals surface area contributed by atoms with Crippen molar-refractivity contribution in [2.45, 2.75) is 32.7 Å². The van der Waals surface area contributed by atoms with Crippen molar-refractivity contribution in [3.05, 3.63) is 58.7 Å². The first kappa shape index (κ1) is 18.3. The predicted molar refractivity (Wildman–Crippen MR) is 100 cm³/mol. The van der Waals surface area contributed by atoms with Gasteiger partial charge in [0.2, 0.25) is 0 Å². The zero-order valence-corrected chi connectivity index (χ0v) is 15.6. The minimum absolute atomic E-state index is 0.811. The molecule has 130 valence electrons. The summed E-state index contributed by atoms with van der Waals surface area (Å²) in [4.78, 5) is 2.15. The van der Waals surface area contributed by atoms with Gasteiger partial charge in [-0.2, -0.15) is 0 Å². The maximum Gasteiger partial charge on any atom is 0.130 e. The summed E-state index contributed by atoms with van der Waals surface area (Å²) in [7, 11) is 7.59. The summed E-state index contributed by atoms with van der Waals surface area (Å²) >= 11 is 0. The third-order valence-electron chi connectivity index (χ3n) is 4.12. The van der Waals surface area contributed by atoms with Crippen LogP contribution in [0.25, 0.3) is 0 Å². The lowest BCUT2D eigenvalue weighted by atomic mass is 9.97. The highest BCUT2D eigenvalue weighted by Gasteiger charge is 2.16. The van der Waals surface area contributed by atoms with Gasteiger partial charge in [0.05, 0.1) is 14.2 Å². The van der Waals surface area contributed by atoms with Crippen molar-refractivity contribution >= 4 is 0 Å². The van der Waals surface area contributed by atoms with Gasteiger partial charge in [-0.15, -0.1) is 0 Å². The van der Waals surface area contributed by atoms with Crippen LogP contribution in [-0.4, -0.2) is 33.2 Å². The number of nitrogens with zero attached hydrogens (tertiary/aromatic N) is 1. The summed E-state index contributed by atoms with van der Waals surface area (Å²) in [5, 5.41) is 0. The van der Waals surface area contributed by atoms with Crippen LogP contribution in [0.4, 0.5) is 0 Å². The molecular formula is C21H29NO2. The molecule has 0 spiro atoms. The van der Waals surface area contributed by atoms with Crippen molar-refractivity contribution in [3.63, 3.8) is 0 Å². The SMILES string of the molecule is CCCc1cccc(Cc2c(OC)ccc(CN(C)C)c2OC)c1. The van der Waals surface area contributed by atoms with E-state index in [-0.39, 0.29) is 0 Å². The van der Waals surface area contributed by atoms with Gasteiger partial charge >= 0.3 is 0 Å². The first-order valence-electron chi connectivity index (χ1n) is 8.54. The van der Waals surface area contributed by atoms with Crippen LogP contribution in [0.3, 0.4) is 0 Å². The molecular weight excluding hydrogens is 298 g/mol. The fourth-order valence-electron chi connectivity index (χ4n) is 3.12. The summed E-state index contributed by atoms with van der Waals surface area (Å²) in [6, 6.07) is 13.0. The molecule has 2 aromatic rings. The Bertz CT molecular complexity index is 665. The Hall–Kier alpha value is -2.00. The van der Waals surface area contributed by atoms with Gasteiger partial charge in [-0.3, -0.25) is 0 Å². The number of benzene rings is 2. The molecule has 0 aromatic heterocycles. The largest absolute Gasteiger partial charge is 0.496 e. The molecule has 3 heteroatoms. The van der Waals surface area contributed by atoms with Crippen molar-refractivity contribution in [1.82, 2.24) is 4.90 Å². The predicted octanol–water partition coefficient (Wildman–Crippen LogP) is 4.31. The van der Waals surface area contributed by atoms with Gasteiger partial charge < -0.3 is 14.4 Å². The topological polar surface area (TPSA) is 21.7 Å². The van der Waals surface area contributed by atoms with Gasteiger partial charge in [0.15, 0.2) is 0 Å². The fraction of sp³-hybridized carbons (Fsp3) is 0.429. The molecule has 0 atom stereocenters. The van der Waals surface area contributed by atoms with E-state index in [1.54, 1.807) is 14.2 Å². The highest BCUT2D eigenvalue weighted by Crippen LogP contribution is 2.34. The van der Waals surface area contributed by atoms with E-state index in [1.807, 2.05) is 6.07 Å². The number of methoxy groups -OCH3 is 2. The Balaban J connectivity index is 2.41. The van der Waals surface area contributed by atoms with Crippen LogP contribution in [0.15, 0.2) is 36.4 Å². The molecule has 0 fully saturated rings. The van der Waals surface area contributed by atoms with E-state index in [1.165, 1.54) is 16.7 Å². The highest BCUT2D eigenvalue weighted by molar-refractivity contribution is 5.52. The van der Waals surface area contributed by atoms with E-state index in [2.05, 4.69) is 56.3 Å². The lowest BCUT2D eigenvalue weighted by molar-refractivity contribution is 0.361. The molecule has 0 radical (unpaired) electrons. The van der Waals surface area contributed by atoms with Gasteiger partial charge in [-0.05, 0) is 37.7 Å². The van der Waals surface area contributed by atoms with Crippen molar-refractivity contribution in [2.24, 2.45) is 0 Å². The zero-order chi connectivity index (χ0) is 17.5. The first-order chi connectivity index (χ1) is 11.6. The molecule has 2 aromatic carbocycles. The summed E-state index contributed by atoms with van der Waals surface area (Å²) in [6.45, 7) is 3.06. The van der Waals surface area contributed by atoms with Gasteiger partial charge in [0.1, 0.15) is 11.5 Å². The first-order valence-corrected chi connectivity index (χ1v) is 8.54. The third kappa shape index (κ3) is 4.51. The average molecular weight is 327 g/mol. The van der Waals surface area contributed by atoms with Crippen LogP contribution in [0.5, 0.6) is 11.5 Å². The number of ether oxygens (including phenoxy) is 2. The van der Waals surface area contributed by atoms with Gasteiger partial charge in [-0.25, -0.2) is 0 Å². The molecule has 24 heavy (non-hydrogen) atoms. The van der Waals surface area contributed by atoms with E-state index in [4.69, 9.17) is 9.47 Å². The molecule has 0 bridgehead atoms. The smallest absolute Gasteiger partial charge is 0.130 e. The van der Waals surface area contributed by atoms with Crippen LogP contribution in [0, 0.1) is 0 Å². The molecule has 0 heterocycles. The maximum atomic E-state index is 5.76. The molecule has 0 amide bonds. The van der Waals surface area contributed by atoms with Crippen LogP contribution in [-0.2, 0) is 19.4 Å². The second-order valence-corrected chi connectivity index (χ2v) is 6.42. The Morgan fingerprint density at radius 2 is 1.71 bits per heavy atom. The molecule has 3 nitrogen and oxygen atoms in total. The van der Waals surface area contributed by atoms with E-state index in [0.717, 1.165) is 42.9 Å². The Morgan fingerprint density at radius 1 is 0.958 bits per heavy atom. The van der Waals surface area contributed by atoms with Crippen molar-refractivity contribution in [1.29, 1.82) is 0 Å². The van der Waals surface area contributed by atoms with Crippen molar-refractivity contribution in [3.8, 4) is 11.5 Å².